The predicted octanol–water partition coefficient (Wildman–Crippen LogP) is 4.34. The predicted molar refractivity (Wildman–Crippen MR) is 112 cm³/mol. The van der Waals surface area contributed by atoms with E-state index in [0.717, 1.165) is 11.1 Å². The lowest BCUT2D eigenvalue weighted by atomic mass is 10.1. The Hall–Kier alpha value is -2.66. The number of fused-ring (bicyclic) bond motifs is 1. The fourth-order valence-corrected chi connectivity index (χ4v) is 3.87. The molecule has 3 N–H and O–H groups in total. The van der Waals surface area contributed by atoms with Crippen LogP contribution in [0.1, 0.15) is 33.1 Å². The third-order valence-electron chi connectivity index (χ3n) is 5.03. The maximum Gasteiger partial charge on any atom is 0.257 e. The van der Waals surface area contributed by atoms with Crippen molar-refractivity contribution in [3.05, 3.63) is 100 Å². The maximum absolute atomic E-state index is 12.4. The summed E-state index contributed by atoms with van der Waals surface area (Å²) in [5.74, 6) is -0.240. The van der Waals surface area contributed by atoms with Crippen LogP contribution in [0.4, 0.5) is 5.69 Å². The van der Waals surface area contributed by atoms with E-state index in [2.05, 4.69) is 22.8 Å². The van der Waals surface area contributed by atoms with Crippen LogP contribution >= 0.6 is 11.6 Å². The second-order valence-electron chi connectivity index (χ2n) is 6.96. The smallest absolute Gasteiger partial charge is 0.257 e. The first-order chi connectivity index (χ1) is 13.6. The average Bonchev–Trinajstić information content (AvgIpc) is 3.02. The van der Waals surface area contributed by atoms with Gasteiger partial charge in [-0.25, -0.2) is 0 Å². The van der Waals surface area contributed by atoms with Crippen LogP contribution in [-0.4, -0.2) is 17.1 Å². The van der Waals surface area contributed by atoms with Crippen molar-refractivity contribution in [3.63, 3.8) is 0 Å². The highest BCUT2D eigenvalue weighted by atomic mass is 35.5. The normalized spacial score (nSPS) is 17.9. The molecule has 0 saturated carbocycles. The van der Waals surface area contributed by atoms with Gasteiger partial charge in [-0.1, -0.05) is 60.1 Å². The Morgan fingerprint density at radius 3 is 2.68 bits per heavy atom. The Labute approximate surface area is 169 Å². The molecule has 1 aliphatic carbocycles. The standard InChI is InChI=1S/C23H21ClN2O2/c24-20-11-4-3-10-19(20)23(28)26-17-8-5-6-15(12-17)14-25-22-18-9-2-1-7-16(18)13-21(22)27/h1-12,21-22,25,27H,13-14H2,(H,26,28)/t21-,22+/m0/s1. The van der Waals surface area contributed by atoms with E-state index in [1.807, 2.05) is 36.4 Å². The fraction of sp³-hybridized carbons (Fsp3) is 0.174. The minimum Gasteiger partial charge on any atom is -0.391 e. The first-order valence-corrected chi connectivity index (χ1v) is 9.63. The molecule has 3 aromatic rings. The molecule has 0 unspecified atom stereocenters. The van der Waals surface area contributed by atoms with E-state index in [9.17, 15) is 9.90 Å². The van der Waals surface area contributed by atoms with E-state index in [-0.39, 0.29) is 11.9 Å². The van der Waals surface area contributed by atoms with Crippen LogP contribution in [0.2, 0.25) is 5.02 Å². The third kappa shape index (κ3) is 3.94. The Morgan fingerprint density at radius 2 is 1.82 bits per heavy atom. The van der Waals surface area contributed by atoms with Crippen molar-refractivity contribution < 1.29 is 9.90 Å². The van der Waals surface area contributed by atoms with Gasteiger partial charge < -0.3 is 15.7 Å². The number of hydrogen-bond acceptors (Lipinski definition) is 3. The number of nitrogens with one attached hydrogen (secondary N) is 2. The number of rotatable bonds is 5. The first-order valence-electron chi connectivity index (χ1n) is 9.26. The van der Waals surface area contributed by atoms with E-state index in [4.69, 9.17) is 11.6 Å². The summed E-state index contributed by atoms with van der Waals surface area (Å²) in [4.78, 5) is 12.4. The molecule has 3 aromatic carbocycles. The number of carbonyl (C=O) groups is 1. The molecule has 5 heteroatoms. The molecule has 0 radical (unpaired) electrons. The molecule has 0 aromatic heterocycles. The zero-order valence-electron chi connectivity index (χ0n) is 15.2. The van der Waals surface area contributed by atoms with Crippen molar-refractivity contribution in [3.8, 4) is 0 Å². The Balaban J connectivity index is 1.43. The lowest BCUT2D eigenvalue weighted by Crippen LogP contribution is -2.28. The van der Waals surface area contributed by atoms with Gasteiger partial charge in [0.05, 0.1) is 22.7 Å². The Kier molecular flexibility index (Phi) is 5.44. The van der Waals surface area contributed by atoms with E-state index in [1.54, 1.807) is 24.3 Å². The third-order valence-corrected chi connectivity index (χ3v) is 5.36. The molecule has 28 heavy (non-hydrogen) atoms. The highest BCUT2D eigenvalue weighted by Crippen LogP contribution is 2.31. The summed E-state index contributed by atoms with van der Waals surface area (Å²) in [5, 5.41) is 17.1. The van der Waals surface area contributed by atoms with E-state index in [1.165, 1.54) is 5.56 Å². The van der Waals surface area contributed by atoms with Crippen LogP contribution < -0.4 is 10.6 Å². The second kappa shape index (κ2) is 8.15. The summed E-state index contributed by atoms with van der Waals surface area (Å²) in [7, 11) is 0. The quantitative estimate of drug-likeness (QED) is 0.605. The summed E-state index contributed by atoms with van der Waals surface area (Å²) < 4.78 is 0. The number of aliphatic hydroxyl groups is 1. The van der Waals surface area contributed by atoms with Gasteiger partial charge in [-0.05, 0) is 41.0 Å². The molecule has 4 rings (SSSR count). The molecule has 1 aliphatic rings. The zero-order chi connectivity index (χ0) is 19.5. The van der Waals surface area contributed by atoms with Gasteiger partial charge in [0, 0.05) is 18.7 Å². The van der Waals surface area contributed by atoms with Crippen LogP contribution in [-0.2, 0) is 13.0 Å². The molecule has 1 amide bonds. The van der Waals surface area contributed by atoms with Gasteiger partial charge in [-0.2, -0.15) is 0 Å². The van der Waals surface area contributed by atoms with Crippen molar-refractivity contribution in [1.29, 1.82) is 0 Å². The zero-order valence-corrected chi connectivity index (χ0v) is 16.0. The summed E-state index contributed by atoms with van der Waals surface area (Å²) in [6.07, 6.45) is 0.238. The summed E-state index contributed by atoms with van der Waals surface area (Å²) in [5.41, 5.74) is 4.51. The van der Waals surface area contributed by atoms with Crippen molar-refractivity contribution >= 4 is 23.2 Å². The minimum atomic E-state index is -0.430. The molecule has 0 spiro atoms. The Morgan fingerprint density at radius 1 is 1.04 bits per heavy atom. The van der Waals surface area contributed by atoms with Gasteiger partial charge in [0.2, 0.25) is 0 Å². The van der Waals surface area contributed by atoms with E-state index >= 15 is 0 Å². The van der Waals surface area contributed by atoms with Crippen molar-refractivity contribution in [2.45, 2.75) is 25.1 Å². The van der Waals surface area contributed by atoms with Gasteiger partial charge in [0.25, 0.3) is 5.91 Å². The highest BCUT2D eigenvalue weighted by Gasteiger charge is 2.30. The summed E-state index contributed by atoms with van der Waals surface area (Å²) >= 11 is 6.10. The van der Waals surface area contributed by atoms with Gasteiger partial charge in [0.15, 0.2) is 0 Å². The second-order valence-corrected chi connectivity index (χ2v) is 7.37. The molecular weight excluding hydrogens is 372 g/mol. The van der Waals surface area contributed by atoms with E-state index < -0.39 is 6.10 Å². The number of hydrogen-bond donors (Lipinski definition) is 3. The van der Waals surface area contributed by atoms with Crippen molar-refractivity contribution in [1.82, 2.24) is 5.32 Å². The number of carbonyl (C=O) groups excluding carboxylic acids is 1. The fourth-order valence-electron chi connectivity index (χ4n) is 3.65. The van der Waals surface area contributed by atoms with E-state index in [0.29, 0.717) is 29.2 Å². The number of anilines is 1. The van der Waals surface area contributed by atoms with Crippen molar-refractivity contribution in [2.24, 2.45) is 0 Å². The largest absolute Gasteiger partial charge is 0.391 e. The van der Waals surface area contributed by atoms with Crippen LogP contribution in [0.25, 0.3) is 0 Å². The highest BCUT2D eigenvalue weighted by molar-refractivity contribution is 6.34. The first kappa shape index (κ1) is 18.7. The maximum atomic E-state index is 12.4. The monoisotopic (exact) mass is 392 g/mol. The molecule has 0 saturated heterocycles. The molecule has 0 bridgehead atoms. The van der Waals surface area contributed by atoms with Crippen LogP contribution in [0.15, 0.2) is 72.8 Å². The Bertz CT molecular complexity index is 1010. The molecule has 4 nitrogen and oxygen atoms in total. The number of amides is 1. The van der Waals surface area contributed by atoms with Gasteiger partial charge in [-0.3, -0.25) is 4.79 Å². The van der Waals surface area contributed by atoms with Crippen LogP contribution in [0.5, 0.6) is 0 Å². The lowest BCUT2D eigenvalue weighted by molar-refractivity contribution is 0.102. The summed E-state index contributed by atoms with van der Waals surface area (Å²) in [6, 6.07) is 22.7. The van der Waals surface area contributed by atoms with Gasteiger partial charge in [-0.15, -0.1) is 0 Å². The van der Waals surface area contributed by atoms with Crippen LogP contribution in [0, 0.1) is 0 Å². The summed E-state index contributed by atoms with van der Waals surface area (Å²) in [6.45, 7) is 0.589. The van der Waals surface area contributed by atoms with Crippen LogP contribution in [0.3, 0.4) is 0 Å². The SMILES string of the molecule is O=C(Nc1cccc(CN[C@@H]2c3ccccc3C[C@@H]2O)c1)c1ccccc1Cl. The van der Waals surface area contributed by atoms with Gasteiger partial charge in [0.1, 0.15) is 0 Å². The van der Waals surface area contributed by atoms with Gasteiger partial charge >= 0.3 is 0 Å². The minimum absolute atomic E-state index is 0.0856. The number of halogens is 1. The average molecular weight is 393 g/mol. The molecule has 0 fully saturated rings. The molecule has 2 atom stereocenters. The molecular formula is C23H21ClN2O2. The molecule has 142 valence electrons. The lowest BCUT2D eigenvalue weighted by Gasteiger charge is -2.18. The molecule has 0 heterocycles. The molecule has 0 aliphatic heterocycles. The topological polar surface area (TPSA) is 61.4 Å². The number of benzene rings is 3. The van der Waals surface area contributed by atoms with Crippen molar-refractivity contribution in [2.75, 3.05) is 5.32 Å². The number of aliphatic hydroxyl groups excluding tert-OH is 1.